The van der Waals surface area contributed by atoms with E-state index in [2.05, 4.69) is 45.2 Å². The molecule has 0 aromatic heterocycles. The molecule has 25 heavy (non-hydrogen) atoms. The quantitative estimate of drug-likeness (QED) is 0.296. The van der Waals surface area contributed by atoms with Crippen molar-refractivity contribution < 1.29 is 23.9 Å². The lowest BCUT2D eigenvalue weighted by molar-refractivity contribution is -0.149. The topological polar surface area (TPSA) is 72.9 Å². The smallest absolute Gasteiger partial charge is 0.326 e. The number of esters is 1. The number of carbonyl (C=O) groups excluding carboxylic acids is 3. The SMILES string of the molecule is COc1c(I)cc(I)cc1/C=C1/SC(=O)N(CC(=O)OC(C)C)C1=O. The van der Waals surface area contributed by atoms with E-state index in [0.717, 1.165) is 23.8 Å². The Labute approximate surface area is 177 Å². The van der Waals surface area contributed by atoms with Gasteiger partial charge in [0.15, 0.2) is 0 Å². The number of carbonyl (C=O) groups is 3. The Hall–Kier alpha value is -0.820. The standard InChI is InChI=1S/C16H15I2NO5S/c1-8(2)24-13(20)7-19-15(21)12(25-16(19)22)5-9-4-10(17)6-11(18)14(9)23-3/h4-6,8H,7H2,1-3H3/b12-5+. The van der Waals surface area contributed by atoms with Crippen LogP contribution in [0.5, 0.6) is 5.75 Å². The molecular formula is C16H15I2NO5S. The summed E-state index contributed by atoms with van der Waals surface area (Å²) >= 11 is 5.12. The summed E-state index contributed by atoms with van der Waals surface area (Å²) < 4.78 is 12.3. The summed E-state index contributed by atoms with van der Waals surface area (Å²) in [5.74, 6) is -0.487. The zero-order chi connectivity index (χ0) is 18.7. The van der Waals surface area contributed by atoms with Gasteiger partial charge in [-0.25, -0.2) is 0 Å². The first-order valence-electron chi connectivity index (χ1n) is 7.20. The van der Waals surface area contributed by atoms with Crippen LogP contribution in [0, 0.1) is 7.14 Å². The van der Waals surface area contributed by atoms with Crippen LogP contribution in [0.2, 0.25) is 0 Å². The summed E-state index contributed by atoms with van der Waals surface area (Å²) in [4.78, 5) is 37.4. The van der Waals surface area contributed by atoms with Gasteiger partial charge in [0, 0.05) is 9.13 Å². The number of rotatable bonds is 5. The van der Waals surface area contributed by atoms with Gasteiger partial charge in [-0.15, -0.1) is 0 Å². The first kappa shape index (κ1) is 20.5. The molecule has 134 valence electrons. The molecule has 1 aromatic rings. The number of benzene rings is 1. The molecule has 1 heterocycles. The molecule has 0 N–H and O–H groups in total. The Morgan fingerprint density at radius 1 is 1.32 bits per heavy atom. The third-order valence-electron chi connectivity index (χ3n) is 3.06. The normalized spacial score (nSPS) is 16.1. The van der Waals surface area contributed by atoms with Crippen molar-refractivity contribution in [3.8, 4) is 5.75 Å². The highest BCUT2D eigenvalue weighted by molar-refractivity contribution is 14.1. The zero-order valence-corrected chi connectivity index (χ0v) is 18.8. The minimum absolute atomic E-state index is 0.249. The molecule has 2 amide bonds. The van der Waals surface area contributed by atoms with Crippen LogP contribution in [0.1, 0.15) is 19.4 Å². The van der Waals surface area contributed by atoms with Crippen molar-refractivity contribution in [1.29, 1.82) is 0 Å². The monoisotopic (exact) mass is 587 g/mol. The van der Waals surface area contributed by atoms with Crippen molar-refractivity contribution in [2.45, 2.75) is 20.0 Å². The molecule has 0 bridgehead atoms. The average Bonchev–Trinajstić information content (AvgIpc) is 2.73. The summed E-state index contributed by atoms with van der Waals surface area (Å²) in [5.41, 5.74) is 0.703. The fourth-order valence-corrected chi connectivity index (χ4v) is 5.05. The van der Waals surface area contributed by atoms with Crippen molar-refractivity contribution in [1.82, 2.24) is 4.90 Å². The van der Waals surface area contributed by atoms with E-state index in [1.54, 1.807) is 27.0 Å². The second kappa shape index (κ2) is 8.71. The highest BCUT2D eigenvalue weighted by atomic mass is 127. The molecule has 1 aliphatic rings. The molecular weight excluding hydrogens is 572 g/mol. The Balaban J connectivity index is 2.28. The summed E-state index contributed by atoms with van der Waals surface area (Å²) in [6.07, 6.45) is 1.31. The number of amides is 2. The van der Waals surface area contributed by atoms with Crippen molar-refractivity contribution in [2.24, 2.45) is 0 Å². The number of nitrogens with zero attached hydrogens (tertiary/aromatic N) is 1. The van der Waals surface area contributed by atoms with E-state index in [-0.39, 0.29) is 17.6 Å². The number of hydrogen-bond donors (Lipinski definition) is 0. The van der Waals surface area contributed by atoms with E-state index in [9.17, 15) is 14.4 Å². The van der Waals surface area contributed by atoms with Crippen molar-refractivity contribution >= 4 is 80.1 Å². The lowest BCUT2D eigenvalue weighted by Gasteiger charge is -2.13. The largest absolute Gasteiger partial charge is 0.495 e. The maximum Gasteiger partial charge on any atom is 0.326 e. The molecule has 1 saturated heterocycles. The second-order valence-corrected chi connectivity index (χ2v) is 8.72. The fourth-order valence-electron chi connectivity index (χ4n) is 2.11. The third-order valence-corrected chi connectivity index (χ3v) is 5.39. The third kappa shape index (κ3) is 5.09. The summed E-state index contributed by atoms with van der Waals surface area (Å²) in [6, 6.07) is 3.81. The van der Waals surface area contributed by atoms with Gasteiger partial charge in [-0.05, 0) is 89.0 Å². The lowest BCUT2D eigenvalue weighted by Crippen LogP contribution is -2.35. The van der Waals surface area contributed by atoms with E-state index < -0.39 is 17.1 Å². The van der Waals surface area contributed by atoms with Gasteiger partial charge < -0.3 is 9.47 Å². The van der Waals surface area contributed by atoms with Crippen LogP contribution in [0.3, 0.4) is 0 Å². The van der Waals surface area contributed by atoms with Crippen molar-refractivity contribution in [2.75, 3.05) is 13.7 Å². The Morgan fingerprint density at radius 2 is 2.00 bits per heavy atom. The van der Waals surface area contributed by atoms with Crippen LogP contribution in [0.25, 0.3) is 6.08 Å². The molecule has 0 saturated carbocycles. The van der Waals surface area contributed by atoms with Gasteiger partial charge in [0.1, 0.15) is 12.3 Å². The maximum absolute atomic E-state index is 12.5. The van der Waals surface area contributed by atoms with Crippen molar-refractivity contribution in [3.05, 3.63) is 29.7 Å². The van der Waals surface area contributed by atoms with E-state index in [4.69, 9.17) is 9.47 Å². The lowest BCUT2D eigenvalue weighted by atomic mass is 10.2. The van der Waals surface area contributed by atoms with Gasteiger partial charge >= 0.3 is 5.97 Å². The molecule has 0 radical (unpaired) electrons. The van der Waals surface area contributed by atoms with Crippen LogP contribution < -0.4 is 4.74 Å². The minimum atomic E-state index is -0.611. The highest BCUT2D eigenvalue weighted by Gasteiger charge is 2.37. The van der Waals surface area contributed by atoms with E-state index in [1.165, 1.54) is 0 Å². The van der Waals surface area contributed by atoms with Gasteiger partial charge in [-0.3, -0.25) is 19.3 Å². The average molecular weight is 587 g/mol. The predicted octanol–water partition coefficient (Wildman–Crippen LogP) is 3.89. The first-order chi connectivity index (χ1) is 11.7. The fraction of sp³-hybridized carbons (Fsp3) is 0.312. The molecule has 6 nitrogen and oxygen atoms in total. The number of ether oxygens (including phenoxy) is 2. The number of methoxy groups -OCH3 is 1. The molecule has 0 spiro atoms. The Morgan fingerprint density at radius 3 is 2.60 bits per heavy atom. The van der Waals surface area contributed by atoms with Gasteiger partial charge in [-0.1, -0.05) is 0 Å². The van der Waals surface area contributed by atoms with Crippen LogP contribution >= 0.6 is 56.9 Å². The van der Waals surface area contributed by atoms with Gasteiger partial charge in [-0.2, -0.15) is 0 Å². The Kier molecular flexibility index (Phi) is 7.14. The van der Waals surface area contributed by atoms with E-state index in [0.29, 0.717) is 11.3 Å². The number of imide groups is 1. The minimum Gasteiger partial charge on any atom is -0.495 e. The zero-order valence-electron chi connectivity index (χ0n) is 13.7. The Bertz CT molecular complexity index is 763. The predicted molar refractivity (Wildman–Crippen MR) is 112 cm³/mol. The molecule has 1 aromatic carbocycles. The molecule has 2 rings (SSSR count). The molecule has 0 aliphatic carbocycles. The molecule has 9 heteroatoms. The second-order valence-electron chi connectivity index (χ2n) is 5.32. The first-order valence-corrected chi connectivity index (χ1v) is 10.2. The number of hydrogen-bond acceptors (Lipinski definition) is 6. The van der Waals surface area contributed by atoms with Gasteiger partial charge in [0.05, 0.1) is 21.7 Å². The molecule has 1 aliphatic heterocycles. The summed E-state index contributed by atoms with van der Waals surface area (Å²) in [6.45, 7) is 3.02. The van der Waals surface area contributed by atoms with E-state index >= 15 is 0 Å². The molecule has 0 unspecified atom stereocenters. The molecule has 1 fully saturated rings. The highest BCUT2D eigenvalue weighted by Crippen LogP contribution is 2.36. The molecule has 0 atom stereocenters. The summed E-state index contributed by atoms with van der Waals surface area (Å²) in [7, 11) is 1.55. The number of halogens is 2. The van der Waals surface area contributed by atoms with Crippen LogP contribution in [0.4, 0.5) is 4.79 Å². The number of thioether (sulfide) groups is 1. The van der Waals surface area contributed by atoms with Gasteiger partial charge in [0.2, 0.25) is 0 Å². The maximum atomic E-state index is 12.5. The van der Waals surface area contributed by atoms with Crippen LogP contribution in [0.15, 0.2) is 17.0 Å². The van der Waals surface area contributed by atoms with E-state index in [1.807, 2.05) is 12.1 Å². The van der Waals surface area contributed by atoms with Crippen LogP contribution in [-0.4, -0.2) is 41.8 Å². The van der Waals surface area contributed by atoms with Crippen molar-refractivity contribution in [3.63, 3.8) is 0 Å². The van der Waals surface area contributed by atoms with Gasteiger partial charge in [0.25, 0.3) is 11.1 Å². The van der Waals surface area contributed by atoms with Crippen LogP contribution in [-0.2, 0) is 14.3 Å². The summed E-state index contributed by atoms with van der Waals surface area (Å²) in [5, 5.41) is -0.490.